The summed E-state index contributed by atoms with van der Waals surface area (Å²) in [4.78, 5) is 15.6. The largest absolute Gasteiger partial charge is 0.444 e. The van der Waals surface area contributed by atoms with Gasteiger partial charge in [0.1, 0.15) is 5.60 Å². The summed E-state index contributed by atoms with van der Waals surface area (Å²) in [6, 6.07) is 5.52. The third-order valence-corrected chi connectivity index (χ3v) is 9.01. The van der Waals surface area contributed by atoms with Crippen molar-refractivity contribution in [2.75, 3.05) is 19.0 Å². The lowest BCUT2D eigenvalue weighted by Crippen LogP contribution is -2.50. The van der Waals surface area contributed by atoms with E-state index in [4.69, 9.17) is 13.8 Å². The first kappa shape index (κ1) is 31.5. The number of nitrogens with zero attached hydrogens (tertiary/aromatic N) is 2. The monoisotopic (exact) mass is 540 g/mol. The number of hydrogen-bond acceptors (Lipinski definition) is 7. The van der Waals surface area contributed by atoms with Crippen molar-refractivity contribution in [3.8, 4) is 0 Å². The second kappa shape index (κ2) is 12.0. The van der Waals surface area contributed by atoms with Crippen LogP contribution in [0.4, 0.5) is 4.79 Å². The van der Waals surface area contributed by atoms with Crippen molar-refractivity contribution in [3.05, 3.63) is 29.8 Å². The van der Waals surface area contributed by atoms with Gasteiger partial charge in [-0.3, -0.25) is 4.90 Å². The number of aryl methyl sites for hydroxylation is 1. The predicted octanol–water partition coefficient (Wildman–Crippen LogP) is 4.64. The highest BCUT2D eigenvalue weighted by molar-refractivity contribution is 7.93. The van der Waals surface area contributed by atoms with Crippen LogP contribution in [0.1, 0.15) is 67.9 Å². The maximum Gasteiger partial charge on any atom is 0.411 e. The third kappa shape index (κ3) is 8.40. The Bertz CT molecular complexity index is 1020. The molecule has 0 radical (unpaired) electrons. The van der Waals surface area contributed by atoms with Crippen molar-refractivity contribution in [3.63, 3.8) is 0 Å². The Hall–Kier alpha value is -1.68. The highest BCUT2D eigenvalue weighted by Gasteiger charge is 2.51. The zero-order valence-corrected chi connectivity index (χ0v) is 25.0. The van der Waals surface area contributed by atoms with E-state index in [1.807, 2.05) is 60.6 Å². The zero-order chi connectivity index (χ0) is 28.3. The number of aliphatic hydroxyl groups excluding tert-OH is 2. The lowest BCUT2D eigenvalue weighted by molar-refractivity contribution is -0.0545. The molecule has 0 bridgehead atoms. The van der Waals surface area contributed by atoms with Crippen molar-refractivity contribution in [1.82, 2.24) is 4.90 Å². The minimum atomic E-state index is -3.09. The number of ether oxygens (including phenoxy) is 2. The number of amides is 1. The van der Waals surface area contributed by atoms with Gasteiger partial charge < -0.3 is 19.7 Å². The van der Waals surface area contributed by atoms with E-state index < -0.39 is 57.2 Å². The van der Waals surface area contributed by atoms with Crippen LogP contribution in [-0.4, -0.2) is 79.8 Å². The molecule has 1 aliphatic rings. The molecule has 212 valence electrons. The first-order valence-electron chi connectivity index (χ1n) is 13.1. The molecule has 0 aromatic heterocycles. The minimum absolute atomic E-state index is 0.00275. The van der Waals surface area contributed by atoms with E-state index in [0.717, 1.165) is 5.56 Å². The molecule has 8 nitrogen and oxygen atoms in total. The van der Waals surface area contributed by atoms with E-state index in [9.17, 15) is 19.2 Å². The molecule has 1 saturated heterocycles. The summed E-state index contributed by atoms with van der Waals surface area (Å²) >= 11 is 0. The van der Waals surface area contributed by atoms with E-state index in [-0.39, 0.29) is 24.9 Å². The van der Waals surface area contributed by atoms with Gasteiger partial charge in [-0.05, 0) is 66.5 Å². The van der Waals surface area contributed by atoms with E-state index in [2.05, 4.69) is 0 Å². The van der Waals surface area contributed by atoms with Crippen molar-refractivity contribution in [1.29, 1.82) is 0 Å². The highest BCUT2D eigenvalue weighted by atomic mass is 32.2. The number of carbonyl (C=O) groups is 1. The summed E-state index contributed by atoms with van der Waals surface area (Å²) in [5.41, 5.74) is -0.208. The standard InChI is InChI=1S/C28H48N2O6S/c1-18(2)22(15-31)29-37(34,21-13-11-19(3)12-14-21)17-24-20(4)25(32)23(16-35-27(5,6)7)30(24)26(33)36-28(8,9)10/h11-14,18,20,22-25,31-32H,15-17H2,1-10H3/t20-,22-,23+,24-,25-,37+/m1/s1. The Morgan fingerprint density at radius 2 is 1.65 bits per heavy atom. The number of aliphatic hydroxyl groups is 2. The average molecular weight is 541 g/mol. The van der Waals surface area contributed by atoms with Crippen LogP contribution in [0.3, 0.4) is 0 Å². The van der Waals surface area contributed by atoms with E-state index in [1.54, 1.807) is 32.9 Å². The van der Waals surface area contributed by atoms with Gasteiger partial charge in [0.05, 0.1) is 58.5 Å². The van der Waals surface area contributed by atoms with Gasteiger partial charge in [0.15, 0.2) is 0 Å². The van der Waals surface area contributed by atoms with Crippen LogP contribution < -0.4 is 0 Å². The summed E-state index contributed by atoms with van der Waals surface area (Å²) < 4.78 is 31.1. The van der Waals surface area contributed by atoms with Crippen LogP contribution in [0.15, 0.2) is 33.5 Å². The van der Waals surface area contributed by atoms with Crippen LogP contribution >= 0.6 is 0 Å². The second-order valence-electron chi connectivity index (χ2n) is 12.5. The summed E-state index contributed by atoms with van der Waals surface area (Å²) in [6.45, 7) is 18.6. The Kier molecular flexibility index (Phi) is 10.2. The molecule has 1 amide bonds. The first-order chi connectivity index (χ1) is 16.9. The molecule has 0 spiro atoms. The van der Waals surface area contributed by atoms with E-state index in [1.165, 1.54) is 4.90 Å². The topological polar surface area (TPSA) is 109 Å². The van der Waals surface area contributed by atoms with Gasteiger partial charge in [0, 0.05) is 10.8 Å². The molecule has 2 rings (SSSR count). The molecule has 2 N–H and O–H groups in total. The molecule has 1 aliphatic heterocycles. The SMILES string of the molecule is Cc1ccc([S@@](=O)(C[C@@H]2[C@@H](C)[C@@H](O)[C@H](COC(C)(C)C)N2C(=O)OC(C)(C)C)=N[C@H](CO)C(C)C)cc1. The zero-order valence-electron chi connectivity index (χ0n) is 24.2. The molecule has 0 saturated carbocycles. The van der Waals surface area contributed by atoms with Crippen molar-refractivity contribution in [2.45, 2.75) is 110 Å². The Labute approximate surface area is 223 Å². The maximum atomic E-state index is 14.7. The van der Waals surface area contributed by atoms with E-state index >= 15 is 0 Å². The van der Waals surface area contributed by atoms with Crippen molar-refractivity contribution < 1.29 is 28.7 Å². The highest BCUT2D eigenvalue weighted by Crippen LogP contribution is 2.35. The molecule has 1 aromatic carbocycles. The van der Waals surface area contributed by atoms with Crippen LogP contribution in [0.5, 0.6) is 0 Å². The number of benzene rings is 1. The smallest absolute Gasteiger partial charge is 0.411 e. The van der Waals surface area contributed by atoms with Crippen molar-refractivity contribution >= 4 is 15.8 Å². The summed E-state index contributed by atoms with van der Waals surface area (Å²) in [5, 5.41) is 21.3. The Morgan fingerprint density at radius 3 is 2.11 bits per heavy atom. The fraction of sp³-hybridized carbons (Fsp3) is 0.750. The second-order valence-corrected chi connectivity index (χ2v) is 14.8. The van der Waals surface area contributed by atoms with Gasteiger partial charge in [0.2, 0.25) is 0 Å². The quantitative estimate of drug-likeness (QED) is 0.497. The normalized spacial score (nSPS) is 25.2. The van der Waals surface area contributed by atoms with Gasteiger partial charge >= 0.3 is 6.09 Å². The van der Waals surface area contributed by atoms with E-state index in [0.29, 0.717) is 4.90 Å². The number of rotatable bonds is 8. The van der Waals surface area contributed by atoms with Gasteiger partial charge in [-0.2, -0.15) is 0 Å². The van der Waals surface area contributed by atoms with Crippen molar-refractivity contribution in [2.24, 2.45) is 16.2 Å². The number of hydrogen-bond donors (Lipinski definition) is 2. The molecule has 0 aliphatic carbocycles. The van der Waals surface area contributed by atoms with Gasteiger partial charge in [-0.15, -0.1) is 0 Å². The Balaban J connectivity index is 2.62. The third-order valence-electron chi connectivity index (χ3n) is 6.59. The molecular weight excluding hydrogens is 492 g/mol. The molecule has 1 aromatic rings. The number of likely N-dealkylation sites (tertiary alicyclic amines) is 1. The predicted molar refractivity (Wildman–Crippen MR) is 147 cm³/mol. The molecule has 37 heavy (non-hydrogen) atoms. The van der Waals surface area contributed by atoms with Crippen LogP contribution in [-0.2, 0) is 19.2 Å². The average Bonchev–Trinajstić information content (AvgIpc) is 2.99. The van der Waals surface area contributed by atoms with Crippen LogP contribution in [0.25, 0.3) is 0 Å². The lowest BCUT2D eigenvalue weighted by Gasteiger charge is -2.35. The van der Waals surface area contributed by atoms with Gasteiger partial charge in [0.25, 0.3) is 0 Å². The Morgan fingerprint density at radius 1 is 1.08 bits per heavy atom. The van der Waals surface area contributed by atoms with Gasteiger partial charge in [-0.25, -0.2) is 13.4 Å². The number of carbonyl (C=O) groups excluding carboxylic acids is 1. The fourth-order valence-corrected chi connectivity index (χ4v) is 6.98. The van der Waals surface area contributed by atoms with Crippen LogP contribution in [0, 0.1) is 18.8 Å². The summed E-state index contributed by atoms with van der Waals surface area (Å²) in [5.74, 6) is -0.435. The maximum absolute atomic E-state index is 14.7. The molecule has 0 unspecified atom stereocenters. The minimum Gasteiger partial charge on any atom is -0.444 e. The van der Waals surface area contributed by atoms with Crippen LogP contribution in [0.2, 0.25) is 0 Å². The molecule has 6 atom stereocenters. The summed E-state index contributed by atoms with van der Waals surface area (Å²) in [6.07, 6.45) is -1.49. The lowest BCUT2D eigenvalue weighted by atomic mass is 9.99. The molecule has 9 heteroatoms. The van der Waals surface area contributed by atoms with Gasteiger partial charge in [-0.1, -0.05) is 38.5 Å². The molecule has 1 heterocycles. The molecular formula is C28H48N2O6S. The molecule has 1 fully saturated rings. The summed E-state index contributed by atoms with van der Waals surface area (Å²) in [7, 11) is -3.09. The first-order valence-corrected chi connectivity index (χ1v) is 14.8. The fourth-order valence-electron chi connectivity index (χ4n) is 4.34.